The molecule has 2 rings (SSSR count). The van der Waals surface area contributed by atoms with E-state index >= 15 is 0 Å². The van der Waals surface area contributed by atoms with Crippen LogP contribution in [0.3, 0.4) is 0 Å². The van der Waals surface area contributed by atoms with E-state index in [1.54, 1.807) is 6.07 Å². The van der Waals surface area contributed by atoms with Crippen LogP contribution in [0.25, 0.3) is 0 Å². The van der Waals surface area contributed by atoms with Crippen molar-refractivity contribution in [1.29, 1.82) is 0 Å². The minimum absolute atomic E-state index is 0.0938. The third kappa shape index (κ3) is 4.84. The number of amides is 1. The first-order valence-corrected chi connectivity index (χ1v) is 10.2. The van der Waals surface area contributed by atoms with Gasteiger partial charge in [-0.2, -0.15) is 0 Å². The molecule has 6 heteroatoms. The molecule has 1 amide bonds. The van der Waals surface area contributed by atoms with E-state index in [4.69, 9.17) is 4.74 Å². The molecule has 0 spiro atoms. The standard InChI is InChI=1S/C18H25NO4S/c1-4-13-6-8-14(9-7-13)23-17-11-10-15(24(3,21)22)12-16(17)19-18(20)5-2/h5,10-14H,2,4,6-9H2,1,3H3,(H,19,20). The zero-order chi connectivity index (χ0) is 17.7. The Morgan fingerprint density at radius 1 is 1.33 bits per heavy atom. The van der Waals surface area contributed by atoms with Gasteiger partial charge in [-0.3, -0.25) is 4.79 Å². The molecule has 1 aliphatic rings. The summed E-state index contributed by atoms with van der Waals surface area (Å²) in [4.78, 5) is 11.8. The molecular formula is C18H25NO4S. The van der Waals surface area contributed by atoms with Crippen LogP contribution in [-0.4, -0.2) is 26.7 Å². The van der Waals surface area contributed by atoms with E-state index in [9.17, 15) is 13.2 Å². The number of carbonyl (C=O) groups excluding carboxylic acids is 1. The lowest BCUT2D eigenvalue weighted by atomic mass is 9.86. The topological polar surface area (TPSA) is 72.5 Å². The molecule has 0 bridgehead atoms. The molecule has 0 aromatic heterocycles. The first-order chi connectivity index (χ1) is 11.3. The molecule has 1 aliphatic carbocycles. The maximum Gasteiger partial charge on any atom is 0.247 e. The number of hydrogen-bond acceptors (Lipinski definition) is 4. The highest BCUT2D eigenvalue weighted by Crippen LogP contribution is 2.33. The van der Waals surface area contributed by atoms with Crippen LogP contribution < -0.4 is 10.1 Å². The summed E-state index contributed by atoms with van der Waals surface area (Å²) in [5, 5.41) is 2.64. The normalized spacial score (nSPS) is 21.1. The summed E-state index contributed by atoms with van der Waals surface area (Å²) in [6.07, 6.45) is 7.78. The monoisotopic (exact) mass is 351 g/mol. The molecule has 132 valence electrons. The average Bonchev–Trinajstić information content (AvgIpc) is 2.56. The number of anilines is 1. The Balaban J connectivity index is 2.21. The Morgan fingerprint density at radius 2 is 2.00 bits per heavy atom. The molecule has 0 heterocycles. The largest absolute Gasteiger partial charge is 0.488 e. The molecule has 0 aliphatic heterocycles. The number of nitrogens with one attached hydrogen (secondary N) is 1. The molecule has 0 unspecified atom stereocenters. The third-order valence-electron chi connectivity index (χ3n) is 4.49. The molecule has 0 atom stereocenters. The number of benzene rings is 1. The second-order valence-electron chi connectivity index (χ2n) is 6.29. The van der Waals surface area contributed by atoms with Crippen LogP contribution in [0.15, 0.2) is 35.7 Å². The fourth-order valence-corrected chi connectivity index (χ4v) is 3.61. The Labute approximate surface area is 144 Å². The second-order valence-corrected chi connectivity index (χ2v) is 8.31. The van der Waals surface area contributed by atoms with Crippen molar-refractivity contribution in [1.82, 2.24) is 0 Å². The molecule has 1 fully saturated rings. The zero-order valence-electron chi connectivity index (χ0n) is 14.2. The lowest BCUT2D eigenvalue weighted by molar-refractivity contribution is -0.111. The number of sulfone groups is 1. The Bertz CT molecular complexity index is 704. The summed E-state index contributed by atoms with van der Waals surface area (Å²) in [5.74, 6) is 0.857. The fourth-order valence-electron chi connectivity index (χ4n) is 2.96. The van der Waals surface area contributed by atoms with Crippen molar-refractivity contribution in [2.45, 2.75) is 50.0 Å². The summed E-state index contributed by atoms with van der Waals surface area (Å²) in [5.41, 5.74) is 0.362. The highest BCUT2D eigenvalue weighted by atomic mass is 32.2. The summed E-state index contributed by atoms with van der Waals surface area (Å²) in [6.45, 7) is 5.63. The molecule has 1 aromatic carbocycles. The third-order valence-corrected chi connectivity index (χ3v) is 5.60. The van der Waals surface area contributed by atoms with Crippen LogP contribution in [0.2, 0.25) is 0 Å². The molecule has 0 radical (unpaired) electrons. The second kappa shape index (κ2) is 7.83. The van der Waals surface area contributed by atoms with Crippen molar-refractivity contribution in [3.8, 4) is 5.75 Å². The average molecular weight is 351 g/mol. The van der Waals surface area contributed by atoms with E-state index in [2.05, 4.69) is 18.8 Å². The lowest BCUT2D eigenvalue weighted by Crippen LogP contribution is -2.24. The molecule has 24 heavy (non-hydrogen) atoms. The molecule has 5 nitrogen and oxygen atoms in total. The molecule has 1 N–H and O–H groups in total. The Kier molecular flexibility index (Phi) is 6.04. The summed E-state index contributed by atoms with van der Waals surface area (Å²) < 4.78 is 29.5. The van der Waals surface area contributed by atoms with E-state index in [0.29, 0.717) is 11.4 Å². The van der Waals surface area contributed by atoms with E-state index < -0.39 is 15.7 Å². The van der Waals surface area contributed by atoms with Gasteiger partial charge in [0.05, 0.1) is 16.7 Å². The van der Waals surface area contributed by atoms with E-state index in [1.165, 1.54) is 18.6 Å². The summed E-state index contributed by atoms with van der Waals surface area (Å²) in [7, 11) is -3.36. The van der Waals surface area contributed by atoms with Crippen molar-refractivity contribution in [3.63, 3.8) is 0 Å². The van der Waals surface area contributed by atoms with Crippen LogP contribution in [0.5, 0.6) is 5.75 Å². The highest BCUT2D eigenvalue weighted by Gasteiger charge is 2.23. The number of rotatable bonds is 6. The van der Waals surface area contributed by atoms with Gasteiger partial charge in [-0.25, -0.2) is 8.42 Å². The maximum absolute atomic E-state index is 11.7. The van der Waals surface area contributed by atoms with Gasteiger partial charge in [0.25, 0.3) is 0 Å². The van der Waals surface area contributed by atoms with Gasteiger partial charge in [-0.15, -0.1) is 0 Å². The first-order valence-electron chi connectivity index (χ1n) is 8.27. The Morgan fingerprint density at radius 3 is 2.54 bits per heavy atom. The minimum atomic E-state index is -3.36. The van der Waals surface area contributed by atoms with Crippen LogP contribution in [0.4, 0.5) is 5.69 Å². The first kappa shape index (κ1) is 18.5. The predicted octanol–water partition coefficient (Wildman–Crippen LogP) is 3.56. The minimum Gasteiger partial charge on any atom is -0.488 e. The zero-order valence-corrected chi connectivity index (χ0v) is 15.1. The maximum atomic E-state index is 11.7. The van der Waals surface area contributed by atoms with E-state index in [0.717, 1.165) is 43.9 Å². The van der Waals surface area contributed by atoms with Crippen molar-refractivity contribution in [2.24, 2.45) is 5.92 Å². The summed E-state index contributed by atoms with van der Waals surface area (Å²) in [6, 6.07) is 4.55. The van der Waals surface area contributed by atoms with Crippen molar-refractivity contribution in [3.05, 3.63) is 30.9 Å². The predicted molar refractivity (Wildman–Crippen MR) is 95.0 cm³/mol. The van der Waals surface area contributed by atoms with Gasteiger partial charge in [-0.05, 0) is 55.9 Å². The van der Waals surface area contributed by atoms with E-state index in [1.807, 2.05) is 0 Å². The van der Waals surface area contributed by atoms with Crippen LogP contribution in [-0.2, 0) is 14.6 Å². The number of hydrogen-bond donors (Lipinski definition) is 1. The molecular weight excluding hydrogens is 326 g/mol. The highest BCUT2D eigenvalue weighted by molar-refractivity contribution is 7.90. The van der Waals surface area contributed by atoms with Gasteiger partial charge in [0, 0.05) is 6.26 Å². The van der Waals surface area contributed by atoms with Gasteiger partial charge >= 0.3 is 0 Å². The number of ether oxygens (including phenoxy) is 1. The van der Waals surface area contributed by atoms with Crippen LogP contribution >= 0.6 is 0 Å². The Hall–Kier alpha value is -1.82. The van der Waals surface area contributed by atoms with Gasteiger partial charge in [-0.1, -0.05) is 19.9 Å². The van der Waals surface area contributed by atoms with Gasteiger partial charge < -0.3 is 10.1 Å². The molecule has 0 saturated heterocycles. The molecule has 1 aromatic rings. The molecule has 1 saturated carbocycles. The summed E-state index contributed by atoms with van der Waals surface area (Å²) >= 11 is 0. The van der Waals surface area contributed by atoms with Crippen LogP contribution in [0, 0.1) is 5.92 Å². The fraction of sp³-hybridized carbons (Fsp3) is 0.500. The SMILES string of the molecule is C=CC(=O)Nc1cc(S(C)(=O)=O)ccc1OC1CCC(CC)CC1. The van der Waals surface area contributed by atoms with Crippen molar-refractivity contribution in [2.75, 3.05) is 11.6 Å². The van der Waals surface area contributed by atoms with Gasteiger partial charge in [0.15, 0.2) is 9.84 Å². The van der Waals surface area contributed by atoms with Crippen molar-refractivity contribution >= 4 is 21.4 Å². The van der Waals surface area contributed by atoms with E-state index in [-0.39, 0.29) is 11.0 Å². The van der Waals surface area contributed by atoms with Crippen LogP contribution in [0.1, 0.15) is 39.0 Å². The number of carbonyl (C=O) groups is 1. The van der Waals surface area contributed by atoms with Crippen molar-refractivity contribution < 1.29 is 17.9 Å². The quantitative estimate of drug-likeness (QED) is 0.795. The smallest absolute Gasteiger partial charge is 0.247 e. The lowest BCUT2D eigenvalue weighted by Gasteiger charge is -2.29. The van der Waals surface area contributed by atoms with Gasteiger partial charge in [0.2, 0.25) is 5.91 Å². The van der Waals surface area contributed by atoms with Gasteiger partial charge in [0.1, 0.15) is 5.75 Å².